The molecule has 0 saturated heterocycles. The lowest BCUT2D eigenvalue weighted by atomic mass is 10.6. The second-order valence-corrected chi connectivity index (χ2v) is 0.812. The normalized spacial score (nSPS) is 7.86. The van der Waals surface area contributed by atoms with Crippen LogP contribution in [-0.4, -0.2) is 0 Å². The van der Waals surface area contributed by atoms with E-state index in [1.807, 2.05) is 0 Å². The summed E-state index contributed by atoms with van der Waals surface area (Å²) >= 11 is 0. The molecule has 7 heavy (non-hydrogen) atoms. The fraction of sp³-hybridized carbons (Fsp3) is 0. The molecular formula is C4H3F3. The van der Waals surface area contributed by atoms with Gasteiger partial charge in [-0.15, -0.1) is 0 Å². The lowest BCUT2D eigenvalue weighted by molar-refractivity contribution is 0.387. The van der Waals surface area contributed by atoms with Crippen molar-refractivity contribution in [2.45, 2.75) is 0 Å². The molecule has 0 aromatic heterocycles. The summed E-state index contributed by atoms with van der Waals surface area (Å²) in [6.45, 7) is 2.77. The first-order valence-corrected chi connectivity index (χ1v) is 1.51. The smallest absolute Gasteiger partial charge is 0.201 e. The van der Waals surface area contributed by atoms with Gasteiger partial charge in [0.25, 0.3) is 0 Å². The van der Waals surface area contributed by atoms with Crippen molar-refractivity contribution in [1.82, 2.24) is 0 Å². The topological polar surface area (TPSA) is 0 Å². The predicted octanol–water partition coefficient (Wildman–Crippen LogP) is 2.25. The highest BCUT2D eigenvalue weighted by atomic mass is 19.3. The molecule has 0 unspecified atom stereocenters. The van der Waals surface area contributed by atoms with Gasteiger partial charge in [-0.3, -0.25) is 0 Å². The SMILES string of the molecule is C=CC(F)=C(F)F. The van der Waals surface area contributed by atoms with E-state index in [9.17, 15) is 13.2 Å². The highest BCUT2D eigenvalue weighted by Crippen LogP contribution is 2.08. The summed E-state index contributed by atoms with van der Waals surface area (Å²) in [6, 6.07) is 0. The van der Waals surface area contributed by atoms with Crippen LogP contribution in [0.15, 0.2) is 24.6 Å². The molecule has 0 aliphatic heterocycles. The first kappa shape index (κ1) is 6.27. The Balaban J connectivity index is 3.98. The van der Waals surface area contributed by atoms with Crippen molar-refractivity contribution in [3.05, 3.63) is 24.6 Å². The summed E-state index contributed by atoms with van der Waals surface area (Å²) in [6.07, 6.45) is -1.87. The Kier molecular flexibility index (Phi) is 2.19. The van der Waals surface area contributed by atoms with E-state index in [1.165, 1.54) is 0 Å². The molecule has 0 aromatic rings. The molecule has 0 N–H and O–H groups in total. The molecule has 0 saturated carbocycles. The van der Waals surface area contributed by atoms with Crippen LogP contribution in [0.25, 0.3) is 0 Å². The first-order valence-electron chi connectivity index (χ1n) is 1.51. The average Bonchev–Trinajstić information content (AvgIpc) is 1.65. The summed E-state index contributed by atoms with van der Waals surface area (Å²) in [5, 5.41) is 0. The molecule has 0 atom stereocenters. The number of allylic oxidation sites excluding steroid dienone is 2. The van der Waals surface area contributed by atoms with Gasteiger partial charge in [-0.1, -0.05) is 6.58 Å². The van der Waals surface area contributed by atoms with Crippen molar-refractivity contribution < 1.29 is 13.2 Å². The Morgan fingerprint density at radius 1 is 1.29 bits per heavy atom. The summed E-state index contributed by atoms with van der Waals surface area (Å²) in [5.41, 5.74) is 0. The van der Waals surface area contributed by atoms with E-state index < -0.39 is 11.9 Å². The van der Waals surface area contributed by atoms with Gasteiger partial charge in [0.2, 0.25) is 0 Å². The van der Waals surface area contributed by atoms with Crippen LogP contribution in [0.3, 0.4) is 0 Å². The Bertz CT molecular complexity index is 99.5. The highest BCUT2D eigenvalue weighted by Gasteiger charge is 1.95. The molecule has 0 heterocycles. The molecule has 0 spiro atoms. The Hall–Kier alpha value is -0.730. The third-order valence-electron chi connectivity index (χ3n) is 0.360. The molecule has 0 rings (SSSR count). The van der Waals surface area contributed by atoms with Crippen molar-refractivity contribution >= 4 is 0 Å². The van der Waals surface area contributed by atoms with E-state index in [-0.39, 0.29) is 0 Å². The van der Waals surface area contributed by atoms with Crippen molar-refractivity contribution in [2.75, 3.05) is 0 Å². The average molecular weight is 108 g/mol. The third kappa shape index (κ3) is 2.03. The van der Waals surface area contributed by atoms with Gasteiger partial charge in [-0.05, 0) is 6.08 Å². The zero-order valence-electron chi connectivity index (χ0n) is 3.42. The molecule has 0 fully saturated rings. The molecule has 0 nitrogen and oxygen atoms in total. The summed E-state index contributed by atoms with van der Waals surface area (Å²) in [4.78, 5) is 0. The van der Waals surface area contributed by atoms with Gasteiger partial charge in [0.15, 0.2) is 5.83 Å². The van der Waals surface area contributed by atoms with Crippen molar-refractivity contribution in [1.29, 1.82) is 0 Å². The fourth-order valence-corrected chi connectivity index (χ4v) is 0.0772. The number of rotatable bonds is 1. The van der Waals surface area contributed by atoms with Crippen LogP contribution in [0, 0.1) is 0 Å². The number of hydrogen-bond donors (Lipinski definition) is 0. The molecule has 40 valence electrons. The lowest BCUT2D eigenvalue weighted by Crippen LogP contribution is -1.62. The minimum absolute atomic E-state index is 0.454. The molecule has 0 radical (unpaired) electrons. The molecular weight excluding hydrogens is 105 g/mol. The molecule has 0 aromatic carbocycles. The predicted molar refractivity (Wildman–Crippen MR) is 20.5 cm³/mol. The minimum Gasteiger partial charge on any atom is -0.201 e. The molecule has 0 bridgehead atoms. The van der Waals surface area contributed by atoms with E-state index in [1.54, 1.807) is 0 Å². The fourth-order valence-electron chi connectivity index (χ4n) is 0.0772. The Labute approximate surface area is 39.0 Å². The van der Waals surface area contributed by atoms with Gasteiger partial charge in [0.05, 0.1) is 0 Å². The van der Waals surface area contributed by atoms with Crippen LogP contribution in [0.4, 0.5) is 13.2 Å². The van der Waals surface area contributed by atoms with Gasteiger partial charge < -0.3 is 0 Å². The monoisotopic (exact) mass is 108 g/mol. The molecule has 0 aliphatic rings. The van der Waals surface area contributed by atoms with E-state index in [2.05, 4.69) is 6.58 Å². The molecule has 0 amide bonds. The van der Waals surface area contributed by atoms with Crippen molar-refractivity contribution in [3.63, 3.8) is 0 Å². The minimum atomic E-state index is -2.32. The van der Waals surface area contributed by atoms with E-state index >= 15 is 0 Å². The van der Waals surface area contributed by atoms with Gasteiger partial charge in [0, 0.05) is 0 Å². The zero-order valence-corrected chi connectivity index (χ0v) is 3.42. The van der Waals surface area contributed by atoms with E-state index in [4.69, 9.17) is 0 Å². The van der Waals surface area contributed by atoms with Gasteiger partial charge >= 0.3 is 6.08 Å². The van der Waals surface area contributed by atoms with E-state index in [0.717, 1.165) is 0 Å². The van der Waals surface area contributed by atoms with Crippen LogP contribution in [0.2, 0.25) is 0 Å². The quantitative estimate of drug-likeness (QED) is 0.452. The second kappa shape index (κ2) is 2.44. The third-order valence-corrected chi connectivity index (χ3v) is 0.360. The second-order valence-electron chi connectivity index (χ2n) is 0.812. The Morgan fingerprint density at radius 2 is 1.71 bits per heavy atom. The maximum atomic E-state index is 11.3. The lowest BCUT2D eigenvalue weighted by Gasteiger charge is -1.76. The maximum absolute atomic E-state index is 11.3. The first-order chi connectivity index (χ1) is 3.18. The van der Waals surface area contributed by atoms with Gasteiger partial charge in [0.1, 0.15) is 0 Å². The summed E-state index contributed by atoms with van der Waals surface area (Å²) in [5.74, 6) is -1.56. The largest absolute Gasteiger partial charge is 0.305 e. The van der Waals surface area contributed by atoms with Crippen molar-refractivity contribution in [2.24, 2.45) is 0 Å². The zero-order chi connectivity index (χ0) is 5.86. The van der Waals surface area contributed by atoms with Crippen LogP contribution >= 0.6 is 0 Å². The molecule has 0 aliphatic carbocycles. The van der Waals surface area contributed by atoms with Crippen molar-refractivity contribution in [3.8, 4) is 0 Å². The van der Waals surface area contributed by atoms with Gasteiger partial charge in [-0.25, -0.2) is 4.39 Å². The van der Waals surface area contributed by atoms with Crippen LogP contribution < -0.4 is 0 Å². The standard InChI is InChI=1S/C4H3F3/c1-2-3(5)4(6)7/h2H,1H2. The number of halogens is 3. The van der Waals surface area contributed by atoms with Crippen LogP contribution in [0.1, 0.15) is 0 Å². The van der Waals surface area contributed by atoms with E-state index in [0.29, 0.717) is 6.08 Å². The highest BCUT2D eigenvalue weighted by molar-refractivity contribution is 5.06. The number of hydrogen-bond acceptors (Lipinski definition) is 0. The van der Waals surface area contributed by atoms with Crippen LogP contribution in [-0.2, 0) is 0 Å². The maximum Gasteiger partial charge on any atom is 0.305 e. The molecule has 3 heteroatoms. The van der Waals surface area contributed by atoms with Gasteiger partial charge in [-0.2, -0.15) is 8.78 Å². The van der Waals surface area contributed by atoms with Crippen LogP contribution in [0.5, 0.6) is 0 Å². The summed E-state index contributed by atoms with van der Waals surface area (Å²) < 4.78 is 33.0. The summed E-state index contributed by atoms with van der Waals surface area (Å²) in [7, 11) is 0. The Morgan fingerprint density at radius 3 is 1.71 bits per heavy atom.